The second-order valence-electron chi connectivity index (χ2n) is 5.94. The standard InChI is InChI=1S/C16H23NO2/c1-10(2)11(3)8-15(19)17-16-13-7-5-4-6-12(13)9-14(16)18/h4-7,10-11,14,16,18H,8-9H2,1-3H3,(H,17,19). The highest BCUT2D eigenvalue weighted by Gasteiger charge is 2.32. The fourth-order valence-electron chi connectivity index (χ4n) is 2.51. The largest absolute Gasteiger partial charge is 0.390 e. The minimum Gasteiger partial charge on any atom is -0.390 e. The Balaban J connectivity index is 2.01. The Morgan fingerprint density at radius 3 is 2.74 bits per heavy atom. The molecule has 1 aliphatic carbocycles. The van der Waals surface area contributed by atoms with E-state index in [-0.39, 0.29) is 11.9 Å². The molecule has 1 amide bonds. The van der Waals surface area contributed by atoms with Gasteiger partial charge in [0.05, 0.1) is 12.1 Å². The van der Waals surface area contributed by atoms with E-state index >= 15 is 0 Å². The highest BCUT2D eigenvalue weighted by molar-refractivity contribution is 5.77. The molecule has 3 unspecified atom stereocenters. The van der Waals surface area contributed by atoms with E-state index in [1.165, 1.54) is 0 Å². The number of rotatable bonds is 4. The second-order valence-corrected chi connectivity index (χ2v) is 5.94. The first-order valence-corrected chi connectivity index (χ1v) is 7.04. The van der Waals surface area contributed by atoms with Crippen LogP contribution < -0.4 is 5.32 Å². The summed E-state index contributed by atoms with van der Waals surface area (Å²) in [4.78, 5) is 12.0. The lowest BCUT2D eigenvalue weighted by Gasteiger charge is -2.20. The molecule has 0 aliphatic heterocycles. The van der Waals surface area contributed by atoms with Crippen molar-refractivity contribution in [3.05, 3.63) is 35.4 Å². The number of hydrogen-bond acceptors (Lipinski definition) is 2. The SMILES string of the molecule is CC(C)C(C)CC(=O)NC1c2ccccc2CC1O. The lowest BCUT2D eigenvalue weighted by Crippen LogP contribution is -2.35. The molecule has 1 aromatic rings. The van der Waals surface area contributed by atoms with Crippen molar-refractivity contribution in [2.24, 2.45) is 11.8 Å². The molecular formula is C16H23NO2. The highest BCUT2D eigenvalue weighted by atomic mass is 16.3. The first kappa shape index (κ1) is 14.1. The topological polar surface area (TPSA) is 49.3 Å². The Morgan fingerprint density at radius 2 is 2.05 bits per heavy atom. The van der Waals surface area contributed by atoms with Crippen LogP contribution in [0.4, 0.5) is 0 Å². The molecule has 0 saturated carbocycles. The summed E-state index contributed by atoms with van der Waals surface area (Å²) in [5, 5.41) is 13.1. The molecule has 1 aliphatic rings. The molecule has 104 valence electrons. The van der Waals surface area contributed by atoms with Crippen LogP contribution in [-0.2, 0) is 11.2 Å². The van der Waals surface area contributed by atoms with Crippen LogP contribution in [0.1, 0.15) is 44.4 Å². The molecule has 19 heavy (non-hydrogen) atoms. The summed E-state index contributed by atoms with van der Waals surface area (Å²) in [6.07, 6.45) is 0.639. The number of aliphatic hydroxyl groups is 1. The lowest BCUT2D eigenvalue weighted by molar-refractivity contribution is -0.123. The summed E-state index contributed by atoms with van der Waals surface area (Å²) in [5.41, 5.74) is 2.19. The van der Waals surface area contributed by atoms with Crippen molar-refractivity contribution in [2.45, 2.75) is 45.8 Å². The molecule has 0 radical (unpaired) electrons. The predicted molar refractivity (Wildman–Crippen MR) is 75.7 cm³/mol. The van der Waals surface area contributed by atoms with Gasteiger partial charge in [-0.15, -0.1) is 0 Å². The Morgan fingerprint density at radius 1 is 1.37 bits per heavy atom. The van der Waals surface area contributed by atoms with Gasteiger partial charge in [0.15, 0.2) is 0 Å². The molecule has 0 spiro atoms. The van der Waals surface area contributed by atoms with E-state index in [1.807, 2.05) is 24.3 Å². The number of hydrogen-bond donors (Lipinski definition) is 2. The van der Waals surface area contributed by atoms with Gasteiger partial charge in [0, 0.05) is 12.8 Å². The van der Waals surface area contributed by atoms with Crippen molar-refractivity contribution in [3.8, 4) is 0 Å². The third-order valence-corrected chi connectivity index (χ3v) is 4.17. The summed E-state index contributed by atoms with van der Waals surface area (Å²) >= 11 is 0. The van der Waals surface area contributed by atoms with Crippen LogP contribution in [0.3, 0.4) is 0 Å². The monoisotopic (exact) mass is 261 g/mol. The Bertz CT molecular complexity index is 456. The van der Waals surface area contributed by atoms with Crippen LogP contribution in [0.2, 0.25) is 0 Å². The van der Waals surface area contributed by atoms with Gasteiger partial charge in [0.2, 0.25) is 5.91 Å². The molecule has 0 heterocycles. The zero-order chi connectivity index (χ0) is 14.0. The van der Waals surface area contributed by atoms with E-state index in [2.05, 4.69) is 26.1 Å². The van der Waals surface area contributed by atoms with Crippen LogP contribution in [0, 0.1) is 11.8 Å². The molecule has 0 saturated heterocycles. The van der Waals surface area contributed by atoms with Gasteiger partial charge < -0.3 is 10.4 Å². The number of benzene rings is 1. The Kier molecular flexibility index (Phi) is 4.25. The van der Waals surface area contributed by atoms with Crippen LogP contribution in [0.15, 0.2) is 24.3 Å². The van der Waals surface area contributed by atoms with Crippen molar-refractivity contribution < 1.29 is 9.90 Å². The van der Waals surface area contributed by atoms with Gasteiger partial charge in [0.1, 0.15) is 0 Å². The predicted octanol–water partition coefficient (Wildman–Crippen LogP) is 2.44. The molecule has 2 N–H and O–H groups in total. The van der Waals surface area contributed by atoms with Gasteiger partial charge in [-0.05, 0) is 23.0 Å². The van der Waals surface area contributed by atoms with Crippen molar-refractivity contribution in [1.29, 1.82) is 0 Å². The number of fused-ring (bicyclic) bond motifs is 1. The molecule has 0 aromatic heterocycles. The maximum Gasteiger partial charge on any atom is 0.220 e. The average molecular weight is 261 g/mol. The van der Waals surface area contributed by atoms with Gasteiger partial charge in [-0.2, -0.15) is 0 Å². The van der Waals surface area contributed by atoms with E-state index in [4.69, 9.17) is 0 Å². The number of aliphatic hydroxyl groups excluding tert-OH is 1. The first-order chi connectivity index (χ1) is 8.99. The normalized spacial score (nSPS) is 23.2. The van der Waals surface area contributed by atoms with Crippen molar-refractivity contribution in [2.75, 3.05) is 0 Å². The van der Waals surface area contributed by atoms with E-state index in [0.717, 1.165) is 11.1 Å². The number of amides is 1. The molecule has 0 bridgehead atoms. The van der Waals surface area contributed by atoms with Gasteiger partial charge in [0.25, 0.3) is 0 Å². The fourth-order valence-corrected chi connectivity index (χ4v) is 2.51. The quantitative estimate of drug-likeness (QED) is 0.874. The maximum absolute atomic E-state index is 12.0. The minimum atomic E-state index is -0.504. The third-order valence-electron chi connectivity index (χ3n) is 4.17. The molecule has 3 heteroatoms. The van der Waals surface area contributed by atoms with Crippen LogP contribution in [0.5, 0.6) is 0 Å². The third kappa shape index (κ3) is 3.16. The minimum absolute atomic E-state index is 0.0296. The fraction of sp³-hybridized carbons (Fsp3) is 0.562. The summed E-state index contributed by atoms with van der Waals surface area (Å²) in [6.45, 7) is 6.33. The summed E-state index contributed by atoms with van der Waals surface area (Å²) in [7, 11) is 0. The molecule has 0 fully saturated rings. The second kappa shape index (κ2) is 5.74. The van der Waals surface area contributed by atoms with Gasteiger partial charge in [-0.3, -0.25) is 4.79 Å². The van der Waals surface area contributed by atoms with Crippen LogP contribution >= 0.6 is 0 Å². The lowest BCUT2D eigenvalue weighted by atomic mass is 9.94. The average Bonchev–Trinajstić information content (AvgIpc) is 2.66. The molecule has 1 aromatic carbocycles. The zero-order valence-corrected chi connectivity index (χ0v) is 11.9. The molecule has 2 rings (SSSR count). The van der Waals surface area contributed by atoms with Crippen LogP contribution in [-0.4, -0.2) is 17.1 Å². The maximum atomic E-state index is 12.0. The van der Waals surface area contributed by atoms with E-state index in [1.54, 1.807) is 0 Å². The zero-order valence-electron chi connectivity index (χ0n) is 11.9. The van der Waals surface area contributed by atoms with Crippen molar-refractivity contribution >= 4 is 5.91 Å². The summed E-state index contributed by atoms with van der Waals surface area (Å²) in [5.74, 6) is 0.877. The number of carbonyl (C=O) groups excluding carboxylic acids is 1. The van der Waals surface area contributed by atoms with Crippen LogP contribution in [0.25, 0.3) is 0 Å². The number of nitrogens with one attached hydrogen (secondary N) is 1. The van der Waals surface area contributed by atoms with Gasteiger partial charge in [-0.25, -0.2) is 0 Å². The molecule has 3 atom stereocenters. The first-order valence-electron chi connectivity index (χ1n) is 7.04. The summed E-state index contributed by atoms with van der Waals surface area (Å²) < 4.78 is 0. The summed E-state index contributed by atoms with van der Waals surface area (Å²) in [6, 6.07) is 7.68. The Hall–Kier alpha value is -1.35. The smallest absolute Gasteiger partial charge is 0.220 e. The highest BCUT2D eigenvalue weighted by Crippen LogP contribution is 2.31. The van der Waals surface area contributed by atoms with E-state index in [9.17, 15) is 9.90 Å². The Labute approximate surface area is 115 Å². The number of carbonyl (C=O) groups is 1. The van der Waals surface area contributed by atoms with Gasteiger partial charge >= 0.3 is 0 Å². The van der Waals surface area contributed by atoms with E-state index in [0.29, 0.717) is 24.7 Å². The van der Waals surface area contributed by atoms with Crippen molar-refractivity contribution in [1.82, 2.24) is 5.32 Å². The molecular weight excluding hydrogens is 238 g/mol. The van der Waals surface area contributed by atoms with Gasteiger partial charge in [-0.1, -0.05) is 45.0 Å². The van der Waals surface area contributed by atoms with Crippen molar-refractivity contribution in [3.63, 3.8) is 0 Å². The van der Waals surface area contributed by atoms with E-state index < -0.39 is 6.10 Å². The molecule has 3 nitrogen and oxygen atoms in total.